The predicted octanol–water partition coefficient (Wildman–Crippen LogP) is 6.97. The third-order valence-electron chi connectivity index (χ3n) is 5.32. The Balaban J connectivity index is 2.44. The Kier molecular flexibility index (Phi) is 8.56. The lowest BCUT2D eigenvalue weighted by Gasteiger charge is -2.30. The second-order valence-electron chi connectivity index (χ2n) is 13.3. The van der Waals surface area contributed by atoms with Crippen LogP contribution in [-0.4, -0.2) is 45.4 Å². The van der Waals surface area contributed by atoms with Crippen LogP contribution in [0.5, 0.6) is 5.75 Å². The van der Waals surface area contributed by atoms with Gasteiger partial charge in [-0.25, -0.2) is 14.5 Å². The van der Waals surface area contributed by atoms with Crippen LogP contribution in [0, 0.1) is 0 Å². The molecule has 1 aliphatic heterocycles. The zero-order valence-electron chi connectivity index (χ0n) is 24.0. The van der Waals surface area contributed by atoms with Gasteiger partial charge in [-0.05, 0) is 64.4 Å². The molecular formula is C28H43NO6S. The van der Waals surface area contributed by atoms with Crippen molar-refractivity contribution >= 4 is 29.9 Å². The molecule has 8 heteroatoms. The van der Waals surface area contributed by atoms with Crippen LogP contribution in [-0.2, 0) is 31.5 Å². The molecule has 0 spiro atoms. The molecule has 1 aromatic carbocycles. The molecule has 0 saturated carbocycles. The summed E-state index contributed by atoms with van der Waals surface area (Å²) in [7, 11) is 0. The fourth-order valence-electron chi connectivity index (χ4n) is 3.68. The molecule has 7 nitrogen and oxygen atoms in total. The van der Waals surface area contributed by atoms with Crippen LogP contribution in [0.15, 0.2) is 12.1 Å². The van der Waals surface area contributed by atoms with Gasteiger partial charge in [-0.1, -0.05) is 53.7 Å². The average molecular weight is 522 g/mol. The number of imide groups is 1. The van der Waals surface area contributed by atoms with Crippen molar-refractivity contribution in [2.45, 2.75) is 117 Å². The van der Waals surface area contributed by atoms with Crippen molar-refractivity contribution in [3.8, 4) is 5.75 Å². The second-order valence-corrected chi connectivity index (χ2v) is 14.5. The van der Waals surface area contributed by atoms with Gasteiger partial charge in [-0.2, -0.15) is 0 Å². The van der Waals surface area contributed by atoms with E-state index in [1.54, 1.807) is 41.5 Å². The van der Waals surface area contributed by atoms with Gasteiger partial charge in [0, 0.05) is 11.1 Å². The maximum absolute atomic E-state index is 13.1. The summed E-state index contributed by atoms with van der Waals surface area (Å²) in [4.78, 5) is 39.4. The van der Waals surface area contributed by atoms with E-state index in [0.717, 1.165) is 16.7 Å². The van der Waals surface area contributed by atoms with Crippen LogP contribution in [0.25, 0.3) is 0 Å². The van der Waals surface area contributed by atoms with Crippen molar-refractivity contribution in [3.05, 3.63) is 28.8 Å². The smallest absolute Gasteiger partial charge is 0.443 e. The summed E-state index contributed by atoms with van der Waals surface area (Å²) in [6.45, 7) is 23.1. The van der Waals surface area contributed by atoms with Gasteiger partial charge >= 0.3 is 12.2 Å². The fraction of sp³-hybridized carbons (Fsp3) is 0.679. The molecule has 0 aliphatic carbocycles. The standard InChI is InChI=1S/C28H43NO6S/c1-25(2,3)18-13-17(15-20-22(30)29(16-36-20)23(31)34-27(7,8)9)14-19(26(4,5)6)21(18)33-24(32)35-28(10,11)12/h13-14,20H,15-16H2,1-12H3. The van der Waals surface area contributed by atoms with E-state index in [0.29, 0.717) is 12.2 Å². The molecule has 2 rings (SSSR count). The zero-order chi connectivity index (χ0) is 27.9. The summed E-state index contributed by atoms with van der Waals surface area (Å²) in [5, 5.41) is -0.407. The molecule has 1 unspecified atom stereocenters. The van der Waals surface area contributed by atoms with E-state index in [9.17, 15) is 14.4 Å². The number of carbonyl (C=O) groups is 3. The minimum atomic E-state index is -0.749. The molecule has 1 atom stereocenters. The highest BCUT2D eigenvalue weighted by Gasteiger charge is 2.39. The highest BCUT2D eigenvalue weighted by atomic mass is 32.2. The quantitative estimate of drug-likeness (QED) is 0.314. The van der Waals surface area contributed by atoms with Crippen LogP contribution in [0.1, 0.15) is 99.8 Å². The minimum Gasteiger partial charge on any atom is -0.443 e. The van der Waals surface area contributed by atoms with E-state index in [1.807, 2.05) is 12.1 Å². The summed E-state index contributed by atoms with van der Waals surface area (Å²) in [5.41, 5.74) is 0.614. The third-order valence-corrected chi connectivity index (χ3v) is 6.50. The first kappa shape index (κ1) is 30.0. The summed E-state index contributed by atoms with van der Waals surface area (Å²) in [5.74, 6) is 0.503. The van der Waals surface area contributed by atoms with E-state index in [1.165, 1.54) is 16.7 Å². The molecule has 1 aliphatic rings. The van der Waals surface area contributed by atoms with Crippen molar-refractivity contribution in [3.63, 3.8) is 0 Å². The second kappa shape index (κ2) is 10.3. The lowest BCUT2D eigenvalue weighted by molar-refractivity contribution is -0.127. The van der Waals surface area contributed by atoms with Crippen molar-refractivity contribution in [2.24, 2.45) is 0 Å². The number of ether oxygens (including phenoxy) is 3. The average Bonchev–Trinajstić information content (AvgIpc) is 2.98. The van der Waals surface area contributed by atoms with E-state index < -0.39 is 28.7 Å². The molecule has 1 fully saturated rings. The molecule has 0 radical (unpaired) electrons. The van der Waals surface area contributed by atoms with Gasteiger partial charge in [0.25, 0.3) is 0 Å². The molecule has 36 heavy (non-hydrogen) atoms. The normalized spacial score (nSPS) is 17.3. The molecule has 0 aromatic heterocycles. The maximum atomic E-state index is 13.1. The van der Waals surface area contributed by atoms with Crippen molar-refractivity contribution in [2.75, 3.05) is 5.88 Å². The van der Waals surface area contributed by atoms with Crippen molar-refractivity contribution < 1.29 is 28.6 Å². The first-order valence-corrected chi connectivity index (χ1v) is 13.4. The van der Waals surface area contributed by atoms with E-state index >= 15 is 0 Å². The van der Waals surface area contributed by atoms with Crippen molar-refractivity contribution in [1.29, 1.82) is 0 Å². The highest BCUT2D eigenvalue weighted by molar-refractivity contribution is 8.01. The Hall–Kier alpha value is -2.22. The van der Waals surface area contributed by atoms with Crippen LogP contribution < -0.4 is 4.74 Å². The lowest BCUT2D eigenvalue weighted by atomic mass is 9.78. The number of nitrogens with zero attached hydrogens (tertiary/aromatic N) is 1. The Morgan fingerprint density at radius 1 is 0.861 bits per heavy atom. The van der Waals surface area contributed by atoms with E-state index in [2.05, 4.69) is 41.5 Å². The minimum absolute atomic E-state index is 0.252. The van der Waals surface area contributed by atoms with Crippen LogP contribution >= 0.6 is 11.8 Å². The van der Waals surface area contributed by atoms with Crippen molar-refractivity contribution in [1.82, 2.24) is 4.90 Å². The summed E-state index contributed by atoms with van der Waals surface area (Å²) < 4.78 is 16.7. The fourth-order valence-corrected chi connectivity index (χ4v) is 4.82. The molecular weight excluding hydrogens is 478 g/mol. The lowest BCUT2D eigenvalue weighted by Crippen LogP contribution is -2.39. The van der Waals surface area contributed by atoms with Gasteiger partial charge in [0.2, 0.25) is 5.91 Å². The number of amides is 2. The first-order chi connectivity index (χ1) is 16.1. The third kappa shape index (κ3) is 8.15. The van der Waals surface area contributed by atoms with Gasteiger partial charge in [0.05, 0.1) is 11.1 Å². The zero-order valence-corrected chi connectivity index (χ0v) is 24.8. The number of thioether (sulfide) groups is 1. The maximum Gasteiger partial charge on any atom is 0.514 e. The van der Waals surface area contributed by atoms with Gasteiger partial charge in [0.15, 0.2) is 0 Å². The predicted molar refractivity (Wildman–Crippen MR) is 144 cm³/mol. The molecule has 0 bridgehead atoms. The number of hydrogen-bond donors (Lipinski definition) is 0. The molecule has 1 heterocycles. The Morgan fingerprint density at radius 2 is 1.33 bits per heavy atom. The van der Waals surface area contributed by atoms with Crippen LogP contribution in [0.2, 0.25) is 0 Å². The van der Waals surface area contributed by atoms with E-state index in [4.69, 9.17) is 14.2 Å². The van der Waals surface area contributed by atoms with E-state index in [-0.39, 0.29) is 22.6 Å². The Labute approximate surface area is 220 Å². The molecule has 1 saturated heterocycles. The Morgan fingerprint density at radius 3 is 1.75 bits per heavy atom. The number of hydrogen-bond acceptors (Lipinski definition) is 7. The number of rotatable bonds is 3. The van der Waals surface area contributed by atoms with Crippen LogP contribution in [0.3, 0.4) is 0 Å². The SMILES string of the molecule is CC(C)(C)OC(=O)Oc1c(C(C)(C)C)cc(CC2SCN(C(=O)OC(C)(C)C)C2=O)cc1C(C)(C)C. The molecule has 202 valence electrons. The van der Waals surface area contributed by atoms with Gasteiger partial charge < -0.3 is 14.2 Å². The number of benzene rings is 1. The largest absolute Gasteiger partial charge is 0.514 e. The van der Waals surface area contributed by atoms with Gasteiger partial charge in [-0.15, -0.1) is 11.8 Å². The summed E-state index contributed by atoms with van der Waals surface area (Å²) >= 11 is 1.43. The molecule has 0 N–H and O–H groups in total. The molecule has 2 amide bonds. The topological polar surface area (TPSA) is 82.1 Å². The summed E-state index contributed by atoms with van der Waals surface area (Å²) in [6, 6.07) is 4.00. The highest BCUT2D eigenvalue weighted by Crippen LogP contribution is 2.42. The first-order valence-electron chi connectivity index (χ1n) is 12.3. The monoisotopic (exact) mass is 521 g/mol. The summed E-state index contributed by atoms with van der Waals surface area (Å²) in [6.07, 6.45) is -0.919. The Bertz CT molecular complexity index is 970. The van der Waals surface area contributed by atoms with Crippen LogP contribution in [0.4, 0.5) is 9.59 Å². The number of carbonyl (C=O) groups excluding carboxylic acids is 3. The molecule has 1 aromatic rings. The van der Waals surface area contributed by atoms with Gasteiger partial charge in [-0.3, -0.25) is 4.79 Å². The van der Waals surface area contributed by atoms with Gasteiger partial charge in [0.1, 0.15) is 17.0 Å².